The molecule has 4 rings (SSSR count). The van der Waals surface area contributed by atoms with Gasteiger partial charge in [0.1, 0.15) is 0 Å². The summed E-state index contributed by atoms with van der Waals surface area (Å²) in [6.45, 7) is 6.09. The molecule has 3 aromatic rings. The standard InChI is InChI=1S/C23H29N5OS/c1-30-21-11-5-4-10-20(21)28-16-14-27(15-17-28)13-7-6-12-24-23(29)22-18-8-2-3-9-19(18)25-26-22/h2-5,8-11H,6-7,12-17H2,1H3,(H,24,29)(H,25,26). The summed E-state index contributed by atoms with van der Waals surface area (Å²) in [6, 6.07) is 16.4. The number of hydrogen-bond acceptors (Lipinski definition) is 5. The average molecular weight is 424 g/mol. The van der Waals surface area contributed by atoms with Gasteiger partial charge in [0.05, 0.1) is 11.2 Å². The Hall–Kier alpha value is -2.51. The minimum Gasteiger partial charge on any atom is -0.368 e. The number of aromatic amines is 1. The van der Waals surface area contributed by atoms with Crippen LogP contribution in [-0.4, -0.2) is 66.5 Å². The maximum absolute atomic E-state index is 12.4. The first-order valence-corrected chi connectivity index (χ1v) is 11.8. The molecule has 0 atom stereocenters. The molecule has 0 saturated carbocycles. The quantitative estimate of drug-likeness (QED) is 0.428. The van der Waals surface area contributed by atoms with Crippen molar-refractivity contribution in [3.05, 3.63) is 54.2 Å². The van der Waals surface area contributed by atoms with Crippen LogP contribution in [-0.2, 0) is 0 Å². The third-order valence-electron chi connectivity index (χ3n) is 5.67. The first-order valence-electron chi connectivity index (χ1n) is 10.6. The van der Waals surface area contributed by atoms with Gasteiger partial charge >= 0.3 is 0 Å². The van der Waals surface area contributed by atoms with E-state index in [0.717, 1.165) is 56.5 Å². The fourth-order valence-corrected chi connectivity index (χ4v) is 4.61. The number of benzene rings is 2. The second-order valence-corrected chi connectivity index (χ2v) is 8.43. The molecule has 6 nitrogen and oxygen atoms in total. The lowest BCUT2D eigenvalue weighted by Gasteiger charge is -2.36. The summed E-state index contributed by atoms with van der Waals surface area (Å²) < 4.78 is 0. The number of unbranched alkanes of at least 4 members (excludes halogenated alkanes) is 1. The van der Waals surface area contributed by atoms with Crippen LogP contribution in [0.2, 0.25) is 0 Å². The van der Waals surface area contributed by atoms with Crippen LogP contribution in [0.15, 0.2) is 53.4 Å². The van der Waals surface area contributed by atoms with E-state index >= 15 is 0 Å². The topological polar surface area (TPSA) is 64.3 Å². The first-order chi connectivity index (χ1) is 14.8. The summed E-state index contributed by atoms with van der Waals surface area (Å²) in [7, 11) is 0. The SMILES string of the molecule is CSc1ccccc1N1CCN(CCCCNC(=O)c2n[nH]c3ccccc23)CC1. The number of fused-ring (bicyclic) bond motifs is 1. The van der Waals surface area contributed by atoms with Crippen molar-refractivity contribution < 1.29 is 4.79 Å². The minimum absolute atomic E-state index is 0.103. The van der Waals surface area contributed by atoms with Crippen molar-refractivity contribution >= 4 is 34.3 Å². The molecule has 1 amide bonds. The van der Waals surface area contributed by atoms with Gasteiger partial charge in [0.25, 0.3) is 5.91 Å². The molecule has 1 aliphatic rings. The number of carbonyl (C=O) groups is 1. The molecule has 0 aliphatic carbocycles. The summed E-state index contributed by atoms with van der Waals surface area (Å²) in [5.74, 6) is -0.103. The molecule has 0 unspecified atom stereocenters. The monoisotopic (exact) mass is 423 g/mol. The van der Waals surface area contributed by atoms with Crippen molar-refractivity contribution in [3.63, 3.8) is 0 Å². The van der Waals surface area contributed by atoms with Crippen molar-refractivity contribution in [2.75, 3.05) is 50.4 Å². The molecule has 7 heteroatoms. The Morgan fingerprint density at radius 3 is 2.67 bits per heavy atom. The van der Waals surface area contributed by atoms with E-state index < -0.39 is 0 Å². The van der Waals surface area contributed by atoms with Crippen LogP contribution >= 0.6 is 11.8 Å². The van der Waals surface area contributed by atoms with E-state index in [4.69, 9.17) is 0 Å². The van der Waals surface area contributed by atoms with E-state index in [1.54, 1.807) is 0 Å². The summed E-state index contributed by atoms with van der Waals surface area (Å²) in [5.41, 5.74) is 2.73. The van der Waals surface area contributed by atoms with Gasteiger partial charge in [-0.1, -0.05) is 30.3 Å². The van der Waals surface area contributed by atoms with Crippen molar-refractivity contribution in [1.82, 2.24) is 20.4 Å². The summed E-state index contributed by atoms with van der Waals surface area (Å²) in [6.07, 6.45) is 4.20. The molecule has 0 spiro atoms. The number of aromatic nitrogens is 2. The Balaban J connectivity index is 1.16. The molecular weight excluding hydrogens is 394 g/mol. The van der Waals surface area contributed by atoms with Crippen molar-refractivity contribution in [1.29, 1.82) is 0 Å². The predicted octanol–water partition coefficient (Wildman–Crippen LogP) is 3.62. The molecule has 0 radical (unpaired) electrons. The van der Waals surface area contributed by atoms with Gasteiger partial charge in [-0.2, -0.15) is 5.10 Å². The fraction of sp³-hybridized carbons (Fsp3) is 0.391. The van der Waals surface area contributed by atoms with Crippen LogP contribution in [0.5, 0.6) is 0 Å². The highest BCUT2D eigenvalue weighted by molar-refractivity contribution is 7.98. The molecular formula is C23H29N5OS. The molecule has 2 heterocycles. The number of nitrogens with one attached hydrogen (secondary N) is 2. The molecule has 2 N–H and O–H groups in total. The van der Waals surface area contributed by atoms with Crippen LogP contribution in [0.25, 0.3) is 10.9 Å². The number of H-pyrrole nitrogens is 1. The number of nitrogens with zero attached hydrogens (tertiary/aromatic N) is 3. The lowest BCUT2D eigenvalue weighted by Crippen LogP contribution is -2.46. The van der Waals surface area contributed by atoms with E-state index in [9.17, 15) is 4.79 Å². The summed E-state index contributed by atoms with van der Waals surface area (Å²) in [4.78, 5) is 18.8. The number of thioether (sulfide) groups is 1. The molecule has 0 bridgehead atoms. The highest BCUT2D eigenvalue weighted by Crippen LogP contribution is 2.29. The molecule has 1 aliphatic heterocycles. The first kappa shape index (κ1) is 20.8. The number of amides is 1. The van der Waals surface area contributed by atoms with Gasteiger partial charge in [0.15, 0.2) is 5.69 Å². The van der Waals surface area contributed by atoms with Crippen LogP contribution < -0.4 is 10.2 Å². The number of anilines is 1. The number of para-hydroxylation sites is 2. The molecule has 158 valence electrons. The third kappa shape index (κ3) is 4.79. The van der Waals surface area contributed by atoms with Crippen molar-refractivity contribution in [2.45, 2.75) is 17.7 Å². The van der Waals surface area contributed by atoms with Crippen LogP contribution in [0, 0.1) is 0 Å². The average Bonchev–Trinajstić information content (AvgIpc) is 3.23. The lowest BCUT2D eigenvalue weighted by molar-refractivity contribution is 0.0949. The number of carbonyl (C=O) groups excluding carboxylic acids is 1. The van der Waals surface area contributed by atoms with Gasteiger partial charge in [-0.15, -0.1) is 11.8 Å². The maximum Gasteiger partial charge on any atom is 0.272 e. The van der Waals surface area contributed by atoms with Crippen molar-refractivity contribution in [3.8, 4) is 0 Å². The summed E-state index contributed by atoms with van der Waals surface area (Å²) >= 11 is 1.81. The zero-order valence-corrected chi connectivity index (χ0v) is 18.3. The second kappa shape index (κ2) is 10.00. The Labute approximate surface area is 182 Å². The predicted molar refractivity (Wildman–Crippen MR) is 125 cm³/mol. The maximum atomic E-state index is 12.4. The van der Waals surface area contributed by atoms with Gasteiger partial charge in [-0.05, 0) is 43.8 Å². The van der Waals surface area contributed by atoms with Crippen LogP contribution in [0.1, 0.15) is 23.3 Å². The van der Waals surface area contributed by atoms with Crippen molar-refractivity contribution in [2.24, 2.45) is 0 Å². The van der Waals surface area contributed by atoms with E-state index in [1.807, 2.05) is 36.0 Å². The molecule has 1 aromatic heterocycles. The van der Waals surface area contributed by atoms with Crippen LogP contribution in [0.3, 0.4) is 0 Å². The minimum atomic E-state index is -0.103. The van der Waals surface area contributed by atoms with Gasteiger partial charge in [-0.3, -0.25) is 14.8 Å². The molecule has 1 saturated heterocycles. The highest BCUT2D eigenvalue weighted by atomic mass is 32.2. The number of hydrogen-bond donors (Lipinski definition) is 2. The van der Waals surface area contributed by atoms with Gasteiger partial charge in [0.2, 0.25) is 0 Å². The molecule has 2 aromatic carbocycles. The van der Waals surface area contributed by atoms with E-state index in [2.05, 4.69) is 55.8 Å². The molecule has 1 fully saturated rings. The van der Waals surface area contributed by atoms with Gasteiger partial charge in [-0.25, -0.2) is 0 Å². The zero-order valence-electron chi connectivity index (χ0n) is 17.4. The highest BCUT2D eigenvalue weighted by Gasteiger charge is 2.18. The van der Waals surface area contributed by atoms with E-state index in [1.165, 1.54) is 10.6 Å². The van der Waals surface area contributed by atoms with Gasteiger partial charge < -0.3 is 10.2 Å². The Bertz CT molecular complexity index is 980. The van der Waals surface area contributed by atoms with E-state index in [-0.39, 0.29) is 5.91 Å². The Kier molecular flexibility index (Phi) is 6.92. The second-order valence-electron chi connectivity index (χ2n) is 7.58. The number of rotatable bonds is 8. The third-order valence-corrected chi connectivity index (χ3v) is 6.46. The Morgan fingerprint density at radius 1 is 1.07 bits per heavy atom. The van der Waals surface area contributed by atoms with Gasteiger partial charge in [0, 0.05) is 43.0 Å². The normalized spacial score (nSPS) is 14.9. The fourth-order valence-electron chi connectivity index (χ4n) is 3.99. The van der Waals surface area contributed by atoms with E-state index in [0.29, 0.717) is 12.2 Å². The largest absolute Gasteiger partial charge is 0.368 e. The Morgan fingerprint density at radius 2 is 1.83 bits per heavy atom. The zero-order chi connectivity index (χ0) is 20.8. The smallest absolute Gasteiger partial charge is 0.272 e. The molecule has 30 heavy (non-hydrogen) atoms. The van der Waals surface area contributed by atoms with Crippen LogP contribution in [0.4, 0.5) is 5.69 Å². The summed E-state index contributed by atoms with van der Waals surface area (Å²) in [5, 5.41) is 11.0. The lowest BCUT2D eigenvalue weighted by atomic mass is 10.2. The number of piperazine rings is 1.